The Balaban J connectivity index is 0.000000412. The molecule has 20 nitrogen and oxygen atoms in total. The average molecular weight is 1680 g/mol. The molecule has 3 aliphatic rings. The lowest BCUT2D eigenvalue weighted by atomic mass is 9.73. The standard InChI is InChI=1S/C27H40FNO5S.C27H40INO5S.C27H41NO6S.C2H3N/c2*1-16-8-7-9-20(14-28)10-11-22(17(2)12-21-15-35-19(4)29-21)34-24(31)13-23(30)27(5,6)26(33)18(3)25(16)32;1-16-8-7-9-20(14-29)10-11-22(17(2)12-21-15-35-19(4)28-21)34-24(31)13-23(30)27(5,6)26(33)18(3)25(16)32;1-2-3/h2*10,12,15-16,18,22-23,25,30,32H,7-9,11,13-14H2,1-6H3;10,12,15-16,18,22-23,25,29-30,32H,7-9,11,13-14H2,1-6H3;1H3/b3*17-12+,20-10+;/t3*16-,18+,22-,23-,25-;/m000./s1. The van der Waals surface area contributed by atoms with Crippen molar-refractivity contribution in [3.8, 4) is 6.07 Å². The zero-order valence-corrected chi connectivity index (χ0v) is 71.8. The number of rotatable bonds is 9. The Labute approximate surface area is 667 Å². The number of carbonyl (C=O) groups excluding carboxylic acids is 6. The number of nitriles is 1. The third kappa shape index (κ3) is 30.6. The van der Waals surface area contributed by atoms with Crippen LogP contribution in [0.15, 0.2) is 67.8 Å². The second-order valence-electron chi connectivity index (χ2n) is 31.3. The van der Waals surface area contributed by atoms with Gasteiger partial charge in [-0.2, -0.15) is 5.26 Å². The van der Waals surface area contributed by atoms with E-state index in [0.717, 1.165) is 84.5 Å². The van der Waals surface area contributed by atoms with E-state index in [2.05, 4.69) is 43.6 Å². The molecule has 3 aliphatic heterocycles. The molecule has 0 radical (unpaired) electrons. The fraction of sp³-hybridized carbons (Fsp3) is 0.663. The van der Waals surface area contributed by atoms with Gasteiger partial charge in [0.05, 0.1) is 117 Å². The van der Waals surface area contributed by atoms with E-state index in [1.54, 1.807) is 85.8 Å². The Morgan fingerprint density at radius 3 is 1.03 bits per heavy atom. The van der Waals surface area contributed by atoms with Crippen LogP contribution in [-0.2, 0) is 43.0 Å². The van der Waals surface area contributed by atoms with Gasteiger partial charge in [-0.05, 0) is 163 Å². The summed E-state index contributed by atoms with van der Waals surface area (Å²) in [6, 6.07) is 1.75. The highest BCUT2D eigenvalue weighted by Gasteiger charge is 2.46. The molecule has 6 heterocycles. The molecule has 3 aromatic rings. The molecule has 0 spiro atoms. The first-order valence-corrected chi connectivity index (χ1v) is 41.9. The van der Waals surface area contributed by atoms with E-state index in [4.69, 9.17) is 19.5 Å². The first kappa shape index (κ1) is 96.8. The van der Waals surface area contributed by atoms with Gasteiger partial charge in [0.1, 0.15) is 42.3 Å². The Morgan fingerprint density at radius 2 is 0.778 bits per heavy atom. The molecule has 7 N–H and O–H groups in total. The molecule has 108 heavy (non-hydrogen) atoms. The number of nitrogens with zero attached hydrogens (tertiary/aromatic N) is 4. The summed E-state index contributed by atoms with van der Waals surface area (Å²) < 4.78 is 31.9. The van der Waals surface area contributed by atoms with Gasteiger partial charge in [-0.1, -0.05) is 129 Å². The van der Waals surface area contributed by atoms with Crippen molar-refractivity contribution in [3.05, 3.63) is 99.9 Å². The van der Waals surface area contributed by atoms with Gasteiger partial charge >= 0.3 is 17.9 Å². The molecular formula is C83H124FIN4O16S3. The van der Waals surface area contributed by atoms with Crippen molar-refractivity contribution in [2.24, 2.45) is 51.8 Å². The van der Waals surface area contributed by atoms with Gasteiger partial charge in [0.25, 0.3) is 0 Å². The second-order valence-corrected chi connectivity index (χ2v) is 35.2. The van der Waals surface area contributed by atoms with Crippen LogP contribution < -0.4 is 0 Å². The second kappa shape index (κ2) is 46.6. The first-order chi connectivity index (χ1) is 50.5. The van der Waals surface area contributed by atoms with Gasteiger partial charge in [0.2, 0.25) is 0 Å². The molecule has 0 aromatic carbocycles. The van der Waals surface area contributed by atoms with Crippen LogP contribution in [0.25, 0.3) is 18.2 Å². The van der Waals surface area contributed by atoms with E-state index >= 15 is 0 Å². The summed E-state index contributed by atoms with van der Waals surface area (Å²) in [5.74, 6) is -5.03. The predicted octanol–water partition coefficient (Wildman–Crippen LogP) is 15.7. The normalized spacial score (nSPS) is 30.7. The summed E-state index contributed by atoms with van der Waals surface area (Å²) in [6.07, 6.45) is 10.2. The van der Waals surface area contributed by atoms with Crippen molar-refractivity contribution >= 4 is 110 Å². The summed E-state index contributed by atoms with van der Waals surface area (Å²) in [6.45, 7) is 32.6. The SMILES string of the molecule is C/C(=C\c1csc(C)n1)[C@@H]1C/C=C(/CF)CCC[C@H](C)[C@H](O)[C@@H](C)C(=O)C(C)(C)[C@@H](O)CC(=O)O1.C/C(=C\c1csc(C)n1)[C@@H]1C/C=C(/CI)CCC[C@H](C)[C@H](O)[C@@H](C)C(=O)C(C)(C)[C@@H](O)CC(=O)O1.C/C(=C\c1csc(C)n1)[C@@H]1C/C=C(/CO)CCC[C@H](C)[C@H](O)[C@@H](C)C(=O)C(C)(C)[C@@H](O)CC(=O)O1.CC#N. The zero-order chi connectivity index (χ0) is 81.7. The van der Waals surface area contributed by atoms with E-state index in [0.29, 0.717) is 56.9 Å². The Morgan fingerprint density at radius 1 is 0.519 bits per heavy atom. The van der Waals surface area contributed by atoms with Gasteiger partial charge in [-0.25, -0.2) is 19.3 Å². The van der Waals surface area contributed by atoms with E-state index < -0.39 is 114 Å². The minimum atomic E-state index is -1.27. The van der Waals surface area contributed by atoms with E-state index in [-0.39, 0.29) is 61.0 Å². The van der Waals surface area contributed by atoms with E-state index in [1.807, 2.05) is 103 Å². The monoisotopic (exact) mass is 1670 g/mol. The zero-order valence-electron chi connectivity index (χ0n) is 67.2. The maximum absolute atomic E-state index is 13.7. The lowest BCUT2D eigenvalue weighted by Gasteiger charge is -2.34. The lowest BCUT2D eigenvalue weighted by molar-refractivity contribution is -0.155. The highest BCUT2D eigenvalue weighted by molar-refractivity contribution is 14.1. The van der Waals surface area contributed by atoms with E-state index in [9.17, 15) is 68.9 Å². The molecule has 25 heteroatoms. The van der Waals surface area contributed by atoms with Gasteiger partial charge in [-0.15, -0.1) is 34.0 Å². The molecule has 0 saturated carbocycles. The third-order valence-corrected chi connectivity index (χ3v) is 24.6. The number of aliphatic hydroxyl groups is 7. The minimum Gasteiger partial charge on any atom is -0.457 e. The highest BCUT2D eigenvalue weighted by Crippen LogP contribution is 2.37. The number of ether oxygens (including phenoxy) is 3. The summed E-state index contributed by atoms with van der Waals surface area (Å²) in [4.78, 5) is 91.5. The summed E-state index contributed by atoms with van der Waals surface area (Å²) in [7, 11) is 0. The number of allylic oxidation sites excluding steroid dienone is 2. The van der Waals surface area contributed by atoms with Crippen molar-refractivity contribution in [3.63, 3.8) is 0 Å². The largest absolute Gasteiger partial charge is 0.457 e. The molecular weight excluding hydrogens is 1550 g/mol. The van der Waals surface area contributed by atoms with Crippen LogP contribution in [0.5, 0.6) is 0 Å². The van der Waals surface area contributed by atoms with Gasteiger partial charge in [0.15, 0.2) is 0 Å². The summed E-state index contributed by atoms with van der Waals surface area (Å²) >= 11 is 6.96. The molecule has 15 atom stereocenters. The summed E-state index contributed by atoms with van der Waals surface area (Å²) in [5, 5.41) is 90.6. The third-order valence-electron chi connectivity index (χ3n) is 21.3. The number of aryl methyl sites for hydroxylation is 3. The Hall–Kier alpha value is -5.38. The average Bonchev–Trinajstić information content (AvgIpc) is 1.57. The predicted molar refractivity (Wildman–Crippen MR) is 435 cm³/mol. The molecule has 0 amide bonds. The highest BCUT2D eigenvalue weighted by atomic mass is 127. The lowest BCUT2D eigenvalue weighted by Crippen LogP contribution is -2.45. The Kier molecular flexibility index (Phi) is 41.8. The summed E-state index contributed by atoms with van der Waals surface area (Å²) in [5.41, 5.74) is 3.88. The Bertz CT molecular complexity index is 3280. The quantitative estimate of drug-likeness (QED) is 0.0344. The van der Waals surface area contributed by atoms with Crippen LogP contribution in [0.2, 0.25) is 0 Å². The van der Waals surface area contributed by atoms with Gasteiger partial charge in [-0.3, -0.25) is 28.8 Å². The van der Waals surface area contributed by atoms with Crippen LogP contribution in [0.3, 0.4) is 0 Å². The van der Waals surface area contributed by atoms with Crippen molar-refractivity contribution in [2.75, 3.05) is 17.7 Å². The number of aromatic nitrogens is 3. The van der Waals surface area contributed by atoms with Crippen molar-refractivity contribution in [1.82, 2.24) is 15.0 Å². The molecule has 0 saturated heterocycles. The number of Topliss-reactive ketones (excluding diaryl/α,β-unsaturated/α-hetero) is 3. The molecule has 0 bridgehead atoms. The van der Waals surface area contributed by atoms with Crippen LogP contribution in [-0.4, -0.2) is 159 Å². The van der Waals surface area contributed by atoms with Crippen molar-refractivity contribution in [2.45, 2.75) is 283 Å². The molecule has 6 rings (SSSR count). The number of thiazole rings is 3. The van der Waals surface area contributed by atoms with Gasteiger partial charge in [0, 0.05) is 64.5 Å². The van der Waals surface area contributed by atoms with Crippen LogP contribution >= 0.6 is 56.6 Å². The number of hydrogen-bond donors (Lipinski definition) is 7. The first-order valence-electron chi connectivity index (χ1n) is 37.7. The minimum absolute atomic E-state index is 0.0466. The maximum Gasteiger partial charge on any atom is 0.309 e. The molecule has 0 aliphatic carbocycles. The van der Waals surface area contributed by atoms with Crippen LogP contribution in [0.4, 0.5) is 4.39 Å². The topological polar surface area (TPSA) is 334 Å². The van der Waals surface area contributed by atoms with Crippen molar-refractivity contribution < 1.29 is 83.1 Å². The van der Waals surface area contributed by atoms with Crippen LogP contribution in [0, 0.1) is 83.9 Å². The number of ketones is 3. The fourth-order valence-electron chi connectivity index (χ4n) is 13.3. The van der Waals surface area contributed by atoms with Gasteiger partial charge < -0.3 is 50.0 Å². The number of alkyl halides is 2. The molecule has 0 unspecified atom stereocenters. The number of hydrogen-bond acceptors (Lipinski definition) is 23. The molecule has 604 valence electrons. The number of esters is 3. The number of carbonyl (C=O) groups is 6. The van der Waals surface area contributed by atoms with Crippen LogP contribution in [0.1, 0.15) is 239 Å². The molecule has 3 aromatic heterocycles. The number of halogens is 2. The smallest absolute Gasteiger partial charge is 0.309 e. The number of aliphatic hydroxyl groups excluding tert-OH is 7. The molecule has 0 fully saturated rings. The van der Waals surface area contributed by atoms with Crippen molar-refractivity contribution in [1.29, 1.82) is 5.26 Å². The van der Waals surface area contributed by atoms with E-state index in [1.165, 1.54) is 35.2 Å². The fourth-order valence-corrected chi connectivity index (χ4v) is 15.7. The maximum atomic E-state index is 13.7. The number of cyclic esters (lactones) is 3.